The van der Waals surface area contributed by atoms with E-state index < -0.39 is 0 Å². The van der Waals surface area contributed by atoms with Gasteiger partial charge in [-0.25, -0.2) is 4.79 Å². The number of anilines is 1. The van der Waals surface area contributed by atoms with Crippen molar-refractivity contribution < 1.29 is 14.3 Å². The maximum absolute atomic E-state index is 11.8. The molecule has 1 unspecified atom stereocenters. The average molecular weight is 335 g/mol. The number of nitrogens with zero attached hydrogens (tertiary/aromatic N) is 1. The Kier molecular flexibility index (Phi) is 4.14. The molecule has 100 valence electrons. The molecular weight excluding hydrogens is 320 g/mol. The van der Waals surface area contributed by atoms with Gasteiger partial charge in [0.1, 0.15) is 21.0 Å². The van der Waals surface area contributed by atoms with Crippen molar-refractivity contribution in [2.75, 3.05) is 31.7 Å². The summed E-state index contributed by atoms with van der Waals surface area (Å²) in [6, 6.07) is 0.0279. The van der Waals surface area contributed by atoms with E-state index in [4.69, 9.17) is 15.2 Å². The summed E-state index contributed by atoms with van der Waals surface area (Å²) < 4.78 is 11.2. The number of hydrogen-bond donors (Lipinski definition) is 1. The fourth-order valence-electron chi connectivity index (χ4n) is 1.92. The van der Waals surface area contributed by atoms with Gasteiger partial charge in [-0.2, -0.15) is 0 Å². The second-order valence-electron chi connectivity index (χ2n) is 4.15. The van der Waals surface area contributed by atoms with Crippen LogP contribution in [0.5, 0.6) is 5.75 Å². The van der Waals surface area contributed by atoms with E-state index >= 15 is 0 Å². The summed E-state index contributed by atoms with van der Waals surface area (Å²) in [6.45, 7) is 3.94. The van der Waals surface area contributed by atoms with E-state index in [1.807, 2.05) is 6.92 Å². The summed E-state index contributed by atoms with van der Waals surface area (Å²) in [5, 5.41) is 0. The molecule has 1 atom stereocenters. The van der Waals surface area contributed by atoms with Crippen LogP contribution in [-0.2, 0) is 4.74 Å². The first-order chi connectivity index (χ1) is 8.54. The van der Waals surface area contributed by atoms with Crippen LogP contribution in [0.2, 0.25) is 0 Å². The molecule has 0 aliphatic carbocycles. The number of esters is 1. The Morgan fingerprint density at radius 1 is 1.72 bits per heavy atom. The third-order valence-electron chi connectivity index (χ3n) is 2.60. The van der Waals surface area contributed by atoms with E-state index in [1.54, 1.807) is 0 Å². The van der Waals surface area contributed by atoms with Gasteiger partial charge in [0.05, 0.1) is 13.7 Å². The number of carbonyl (C=O) groups excluding carboxylic acids is 1. The van der Waals surface area contributed by atoms with E-state index in [-0.39, 0.29) is 12.0 Å². The van der Waals surface area contributed by atoms with Crippen LogP contribution in [0.15, 0.2) is 3.79 Å². The monoisotopic (exact) mass is 334 g/mol. The van der Waals surface area contributed by atoms with Gasteiger partial charge in [-0.05, 0) is 22.9 Å². The first-order valence-corrected chi connectivity index (χ1v) is 7.19. The van der Waals surface area contributed by atoms with Crippen LogP contribution in [0.1, 0.15) is 16.6 Å². The van der Waals surface area contributed by atoms with E-state index in [0.29, 0.717) is 23.8 Å². The fraction of sp³-hybridized carbons (Fsp3) is 0.545. The number of carbonyl (C=O) groups is 1. The number of halogens is 1. The van der Waals surface area contributed by atoms with E-state index in [0.717, 1.165) is 16.0 Å². The first-order valence-electron chi connectivity index (χ1n) is 5.58. The molecule has 0 fully saturated rings. The van der Waals surface area contributed by atoms with Gasteiger partial charge in [0.2, 0.25) is 0 Å². The molecule has 1 aliphatic heterocycles. The summed E-state index contributed by atoms with van der Waals surface area (Å²) in [4.78, 5) is 14.4. The lowest BCUT2D eigenvalue weighted by molar-refractivity contribution is 0.0606. The minimum atomic E-state index is -0.345. The predicted molar refractivity (Wildman–Crippen MR) is 74.7 cm³/mol. The number of nitrogens with two attached hydrogens (primary N) is 1. The number of hydrogen-bond acceptors (Lipinski definition) is 6. The molecule has 5 nitrogen and oxygen atoms in total. The molecule has 0 radical (unpaired) electrons. The number of thiophene rings is 1. The number of ether oxygens (including phenoxy) is 2. The maximum Gasteiger partial charge on any atom is 0.350 e. The van der Waals surface area contributed by atoms with Gasteiger partial charge in [0.15, 0.2) is 5.75 Å². The van der Waals surface area contributed by atoms with Crippen LogP contribution >= 0.6 is 27.3 Å². The Morgan fingerprint density at radius 2 is 2.44 bits per heavy atom. The quantitative estimate of drug-likeness (QED) is 0.854. The van der Waals surface area contributed by atoms with Crippen molar-refractivity contribution in [3.63, 3.8) is 0 Å². The van der Waals surface area contributed by atoms with Crippen LogP contribution in [0.3, 0.4) is 0 Å². The Balaban J connectivity index is 2.43. The van der Waals surface area contributed by atoms with Crippen molar-refractivity contribution in [1.29, 1.82) is 0 Å². The molecule has 2 heterocycles. The topological polar surface area (TPSA) is 64.8 Å². The molecule has 1 aromatic heterocycles. The molecular formula is C11H15BrN2O3S. The zero-order valence-corrected chi connectivity index (χ0v) is 12.6. The van der Waals surface area contributed by atoms with Gasteiger partial charge in [-0.3, -0.25) is 0 Å². The molecule has 0 spiro atoms. The summed E-state index contributed by atoms with van der Waals surface area (Å²) in [6.07, 6.45) is 0. The maximum atomic E-state index is 11.8. The van der Waals surface area contributed by atoms with Gasteiger partial charge in [-0.15, -0.1) is 11.3 Å². The Hall–Kier alpha value is -0.790. The standard InChI is InChI=1S/C11H15BrN2O3S/c1-6(13)5-14-3-4-17-8-7(14)9(11(15)16-2)18-10(8)12/h6H,3-5,13H2,1-2H3. The molecule has 1 aliphatic rings. The van der Waals surface area contributed by atoms with Crippen molar-refractivity contribution in [1.82, 2.24) is 0 Å². The van der Waals surface area contributed by atoms with Crippen LogP contribution in [0, 0.1) is 0 Å². The molecule has 0 aromatic carbocycles. The molecule has 1 aromatic rings. The highest BCUT2D eigenvalue weighted by Gasteiger charge is 2.31. The van der Waals surface area contributed by atoms with Crippen LogP contribution in [0.4, 0.5) is 5.69 Å². The smallest absolute Gasteiger partial charge is 0.350 e. The fourth-order valence-corrected chi connectivity index (χ4v) is 3.62. The Morgan fingerprint density at radius 3 is 3.06 bits per heavy atom. The van der Waals surface area contributed by atoms with Gasteiger partial charge in [-0.1, -0.05) is 0 Å². The molecule has 0 bridgehead atoms. The molecule has 0 amide bonds. The zero-order chi connectivity index (χ0) is 13.3. The van der Waals surface area contributed by atoms with E-state index in [9.17, 15) is 4.79 Å². The molecule has 7 heteroatoms. The SMILES string of the molecule is COC(=O)c1sc(Br)c2c1N(CC(C)N)CCO2. The number of rotatable bonds is 3. The molecule has 2 N–H and O–H groups in total. The van der Waals surface area contributed by atoms with Crippen molar-refractivity contribution in [2.45, 2.75) is 13.0 Å². The van der Waals surface area contributed by atoms with Gasteiger partial charge >= 0.3 is 5.97 Å². The lowest BCUT2D eigenvalue weighted by Crippen LogP contribution is -2.40. The van der Waals surface area contributed by atoms with Gasteiger partial charge in [0, 0.05) is 12.6 Å². The summed E-state index contributed by atoms with van der Waals surface area (Å²) >= 11 is 4.75. The molecule has 18 heavy (non-hydrogen) atoms. The summed E-state index contributed by atoms with van der Waals surface area (Å²) in [7, 11) is 1.38. The van der Waals surface area contributed by atoms with Crippen molar-refractivity contribution in [2.24, 2.45) is 5.73 Å². The normalized spacial score (nSPS) is 15.9. The second-order valence-corrected chi connectivity index (χ2v) is 6.48. The third-order valence-corrected chi connectivity index (χ3v) is 4.38. The second kappa shape index (κ2) is 5.46. The number of methoxy groups -OCH3 is 1. The molecule has 0 saturated carbocycles. The van der Waals surface area contributed by atoms with Crippen LogP contribution in [0.25, 0.3) is 0 Å². The van der Waals surface area contributed by atoms with Crippen LogP contribution < -0.4 is 15.4 Å². The largest absolute Gasteiger partial charge is 0.487 e. The van der Waals surface area contributed by atoms with Gasteiger partial charge in [0.25, 0.3) is 0 Å². The highest BCUT2D eigenvalue weighted by molar-refractivity contribution is 9.11. The molecule has 0 saturated heterocycles. The Bertz CT molecular complexity index is 461. The van der Waals surface area contributed by atoms with Crippen molar-refractivity contribution in [3.8, 4) is 5.75 Å². The minimum Gasteiger partial charge on any atom is -0.487 e. The minimum absolute atomic E-state index is 0.0279. The lowest BCUT2D eigenvalue weighted by Gasteiger charge is -2.31. The highest BCUT2D eigenvalue weighted by atomic mass is 79.9. The van der Waals surface area contributed by atoms with Crippen molar-refractivity contribution >= 4 is 38.9 Å². The highest BCUT2D eigenvalue weighted by Crippen LogP contribution is 2.47. The van der Waals surface area contributed by atoms with Gasteiger partial charge < -0.3 is 20.1 Å². The summed E-state index contributed by atoms with van der Waals surface area (Å²) in [5.41, 5.74) is 6.63. The first kappa shape index (κ1) is 13.6. The van der Waals surface area contributed by atoms with E-state index in [1.165, 1.54) is 18.4 Å². The lowest BCUT2D eigenvalue weighted by atomic mass is 10.2. The Labute approximate surface area is 118 Å². The zero-order valence-electron chi connectivity index (χ0n) is 10.2. The predicted octanol–water partition coefficient (Wildman–Crippen LogP) is 1.84. The third kappa shape index (κ3) is 2.48. The van der Waals surface area contributed by atoms with Crippen LogP contribution in [-0.4, -0.2) is 38.8 Å². The average Bonchev–Trinajstić information content (AvgIpc) is 2.67. The van der Waals surface area contributed by atoms with E-state index in [2.05, 4.69) is 20.8 Å². The molecule has 2 rings (SSSR count). The van der Waals surface area contributed by atoms with Crippen molar-refractivity contribution in [3.05, 3.63) is 8.66 Å². The number of fused-ring (bicyclic) bond motifs is 1. The summed E-state index contributed by atoms with van der Waals surface area (Å²) in [5.74, 6) is 0.370.